The van der Waals surface area contributed by atoms with Crippen molar-refractivity contribution < 1.29 is 4.79 Å². The molecular weight excluding hydrogens is 348 g/mol. The lowest BCUT2D eigenvalue weighted by atomic mass is 10.0. The summed E-state index contributed by atoms with van der Waals surface area (Å²) in [6.45, 7) is 7.33. The molecule has 0 radical (unpaired) electrons. The van der Waals surface area contributed by atoms with Crippen LogP contribution in [-0.4, -0.2) is 46.3 Å². The molecule has 1 atom stereocenters. The van der Waals surface area contributed by atoms with Gasteiger partial charge in [0.2, 0.25) is 5.91 Å². The lowest BCUT2D eigenvalue weighted by Crippen LogP contribution is -2.48. The van der Waals surface area contributed by atoms with E-state index in [9.17, 15) is 4.79 Å². The average molecular weight is 383 g/mol. The van der Waals surface area contributed by atoms with Crippen molar-refractivity contribution in [3.8, 4) is 0 Å². The fraction of sp³-hybridized carbons (Fsp3) is 0.565. The van der Waals surface area contributed by atoms with Gasteiger partial charge in [-0.3, -0.25) is 9.48 Å². The Kier molecular flexibility index (Phi) is 7.26. The molecule has 152 valence electrons. The van der Waals surface area contributed by atoms with Crippen molar-refractivity contribution in [3.05, 3.63) is 52.8 Å². The Bertz CT molecular complexity index is 768. The quantitative estimate of drug-likeness (QED) is 0.763. The third-order valence-electron chi connectivity index (χ3n) is 5.91. The number of piperidine rings is 1. The Balaban J connectivity index is 1.39. The summed E-state index contributed by atoms with van der Waals surface area (Å²) in [6.07, 6.45) is 5.86. The van der Waals surface area contributed by atoms with Gasteiger partial charge in [0.15, 0.2) is 0 Å². The molecule has 0 saturated carbocycles. The highest BCUT2D eigenvalue weighted by molar-refractivity contribution is 5.76. The first-order valence-electron chi connectivity index (χ1n) is 10.6. The van der Waals surface area contributed by atoms with Gasteiger partial charge in [0.1, 0.15) is 0 Å². The van der Waals surface area contributed by atoms with Crippen LogP contribution >= 0.6 is 0 Å². The Morgan fingerprint density at radius 1 is 1.21 bits per heavy atom. The Morgan fingerprint density at radius 2 is 2.00 bits per heavy atom. The topological polar surface area (TPSA) is 50.2 Å². The Morgan fingerprint density at radius 3 is 2.71 bits per heavy atom. The molecule has 2 heterocycles. The fourth-order valence-corrected chi connectivity index (χ4v) is 4.25. The van der Waals surface area contributed by atoms with Crippen molar-refractivity contribution in [1.29, 1.82) is 0 Å². The zero-order chi connectivity index (χ0) is 19.9. The summed E-state index contributed by atoms with van der Waals surface area (Å²) < 4.78 is 1.90. The van der Waals surface area contributed by atoms with E-state index in [-0.39, 0.29) is 11.9 Å². The first kappa shape index (κ1) is 20.6. The molecule has 28 heavy (non-hydrogen) atoms. The molecule has 2 aromatic rings. The zero-order valence-corrected chi connectivity index (χ0v) is 17.6. The van der Waals surface area contributed by atoms with E-state index >= 15 is 0 Å². The molecule has 0 aliphatic carbocycles. The summed E-state index contributed by atoms with van der Waals surface area (Å²) in [5.74, 6) is 0.166. The molecule has 1 fully saturated rings. The normalized spacial score (nSPS) is 17.6. The van der Waals surface area contributed by atoms with Crippen molar-refractivity contribution in [3.63, 3.8) is 0 Å². The second-order valence-corrected chi connectivity index (χ2v) is 8.07. The van der Waals surface area contributed by atoms with E-state index in [1.165, 1.54) is 17.5 Å². The second kappa shape index (κ2) is 9.87. The van der Waals surface area contributed by atoms with Crippen LogP contribution in [0.1, 0.15) is 48.2 Å². The van der Waals surface area contributed by atoms with Crippen LogP contribution in [0.2, 0.25) is 0 Å². The van der Waals surface area contributed by atoms with Crippen LogP contribution in [0.5, 0.6) is 0 Å². The minimum Gasteiger partial charge on any atom is -0.352 e. The summed E-state index contributed by atoms with van der Waals surface area (Å²) in [5, 5.41) is 7.71. The van der Waals surface area contributed by atoms with Gasteiger partial charge in [-0.2, -0.15) is 5.10 Å². The highest BCUT2D eigenvalue weighted by atomic mass is 16.1. The lowest BCUT2D eigenvalue weighted by Gasteiger charge is -2.33. The summed E-state index contributed by atoms with van der Waals surface area (Å²) in [7, 11) is 1.96. The van der Waals surface area contributed by atoms with Gasteiger partial charge in [0.05, 0.1) is 5.69 Å². The average Bonchev–Trinajstić information content (AvgIpc) is 2.93. The molecule has 0 bridgehead atoms. The fourth-order valence-electron chi connectivity index (χ4n) is 4.25. The van der Waals surface area contributed by atoms with Gasteiger partial charge in [-0.25, -0.2) is 0 Å². The number of amides is 1. The van der Waals surface area contributed by atoms with Gasteiger partial charge in [-0.05, 0) is 70.2 Å². The first-order chi connectivity index (χ1) is 13.5. The number of carbonyl (C=O) groups excluding carboxylic acids is 1. The number of nitrogens with zero attached hydrogens (tertiary/aromatic N) is 3. The summed E-state index contributed by atoms with van der Waals surface area (Å²) in [5.41, 5.74) is 4.82. The van der Waals surface area contributed by atoms with Crippen molar-refractivity contribution in [1.82, 2.24) is 20.0 Å². The van der Waals surface area contributed by atoms with Crippen LogP contribution in [0.3, 0.4) is 0 Å². The van der Waals surface area contributed by atoms with Crippen molar-refractivity contribution in [2.24, 2.45) is 7.05 Å². The predicted octanol–water partition coefficient (Wildman–Crippen LogP) is 3.18. The van der Waals surface area contributed by atoms with E-state index in [0.717, 1.165) is 56.7 Å². The summed E-state index contributed by atoms with van der Waals surface area (Å²) in [6, 6.07) is 11.0. The number of aryl methyl sites for hydroxylation is 3. The van der Waals surface area contributed by atoms with Crippen molar-refractivity contribution >= 4 is 5.91 Å². The molecular formula is C23H34N4O. The van der Waals surface area contributed by atoms with Crippen molar-refractivity contribution in [2.45, 2.75) is 58.4 Å². The van der Waals surface area contributed by atoms with Crippen LogP contribution in [-0.2, 0) is 24.7 Å². The molecule has 5 heteroatoms. The van der Waals surface area contributed by atoms with E-state index < -0.39 is 0 Å². The molecule has 1 saturated heterocycles. The SMILES string of the molecule is Cc1nn(C)c(C)c1CCC(=O)NC1CCCN(CCCc2ccccc2)C1. The molecule has 5 nitrogen and oxygen atoms in total. The lowest BCUT2D eigenvalue weighted by molar-refractivity contribution is -0.122. The minimum absolute atomic E-state index is 0.166. The summed E-state index contributed by atoms with van der Waals surface area (Å²) >= 11 is 0. The van der Waals surface area contributed by atoms with E-state index in [1.54, 1.807) is 0 Å². The molecule has 1 unspecified atom stereocenters. The number of benzene rings is 1. The number of hydrogen-bond donors (Lipinski definition) is 1. The Labute approximate surface area is 169 Å². The van der Waals surface area contributed by atoms with Gasteiger partial charge in [0, 0.05) is 31.7 Å². The standard InChI is InChI=1S/C23H34N4O/c1-18-22(19(2)26(3)25-18)13-14-23(28)24-21-12-8-16-27(17-21)15-7-11-20-9-5-4-6-10-20/h4-6,9-10,21H,7-8,11-17H2,1-3H3,(H,24,28). The monoisotopic (exact) mass is 382 g/mol. The van der Waals surface area contributed by atoms with E-state index in [2.05, 4.69) is 52.6 Å². The zero-order valence-electron chi connectivity index (χ0n) is 17.6. The van der Waals surface area contributed by atoms with Crippen LogP contribution in [0.25, 0.3) is 0 Å². The predicted molar refractivity (Wildman–Crippen MR) is 113 cm³/mol. The van der Waals surface area contributed by atoms with E-state index in [1.807, 2.05) is 18.7 Å². The van der Waals surface area contributed by atoms with E-state index in [4.69, 9.17) is 0 Å². The largest absolute Gasteiger partial charge is 0.352 e. The van der Waals surface area contributed by atoms with Crippen LogP contribution in [0.15, 0.2) is 30.3 Å². The highest BCUT2D eigenvalue weighted by Crippen LogP contribution is 2.15. The third-order valence-corrected chi connectivity index (χ3v) is 5.91. The maximum Gasteiger partial charge on any atom is 0.220 e. The van der Waals surface area contributed by atoms with Gasteiger partial charge < -0.3 is 10.2 Å². The van der Waals surface area contributed by atoms with Gasteiger partial charge in [0.25, 0.3) is 0 Å². The van der Waals surface area contributed by atoms with Crippen LogP contribution < -0.4 is 5.32 Å². The summed E-state index contributed by atoms with van der Waals surface area (Å²) in [4.78, 5) is 15.0. The highest BCUT2D eigenvalue weighted by Gasteiger charge is 2.21. The van der Waals surface area contributed by atoms with Gasteiger partial charge >= 0.3 is 0 Å². The van der Waals surface area contributed by atoms with Crippen LogP contribution in [0, 0.1) is 13.8 Å². The number of carbonyl (C=O) groups is 1. The molecule has 1 aliphatic rings. The van der Waals surface area contributed by atoms with Gasteiger partial charge in [-0.1, -0.05) is 30.3 Å². The number of hydrogen-bond acceptors (Lipinski definition) is 3. The Hall–Kier alpha value is -2.14. The maximum absolute atomic E-state index is 12.5. The van der Waals surface area contributed by atoms with Crippen molar-refractivity contribution in [2.75, 3.05) is 19.6 Å². The molecule has 1 aromatic heterocycles. The van der Waals surface area contributed by atoms with E-state index in [0.29, 0.717) is 6.42 Å². The number of aromatic nitrogens is 2. The number of rotatable bonds is 8. The smallest absolute Gasteiger partial charge is 0.220 e. The molecule has 1 aromatic carbocycles. The molecule has 1 aliphatic heterocycles. The number of nitrogens with one attached hydrogen (secondary N) is 1. The van der Waals surface area contributed by atoms with Crippen LogP contribution in [0.4, 0.5) is 0 Å². The maximum atomic E-state index is 12.5. The molecule has 3 rings (SSSR count). The third kappa shape index (κ3) is 5.68. The number of likely N-dealkylation sites (tertiary alicyclic amines) is 1. The minimum atomic E-state index is 0.166. The molecule has 1 N–H and O–H groups in total. The first-order valence-corrected chi connectivity index (χ1v) is 10.6. The molecule has 0 spiro atoms. The molecule has 1 amide bonds. The van der Waals surface area contributed by atoms with Gasteiger partial charge in [-0.15, -0.1) is 0 Å². The second-order valence-electron chi connectivity index (χ2n) is 8.07.